The summed E-state index contributed by atoms with van der Waals surface area (Å²) in [5, 5.41) is 3.91. The van der Waals surface area contributed by atoms with E-state index in [0.717, 1.165) is 5.56 Å². The van der Waals surface area contributed by atoms with E-state index in [1.807, 2.05) is 19.9 Å². The fourth-order valence-electron chi connectivity index (χ4n) is 1.87. The molecule has 0 spiro atoms. The van der Waals surface area contributed by atoms with Crippen LogP contribution in [-0.4, -0.2) is 35.8 Å². The van der Waals surface area contributed by atoms with E-state index in [4.69, 9.17) is 23.2 Å². The fourth-order valence-corrected chi connectivity index (χ4v) is 2.37. The van der Waals surface area contributed by atoms with Gasteiger partial charge in [0.2, 0.25) is 11.8 Å². The first-order chi connectivity index (χ1) is 9.79. The van der Waals surface area contributed by atoms with Gasteiger partial charge < -0.3 is 10.2 Å². The van der Waals surface area contributed by atoms with Crippen molar-refractivity contribution in [2.45, 2.75) is 33.2 Å². The summed E-state index contributed by atoms with van der Waals surface area (Å²) in [7, 11) is 0. The Balaban J connectivity index is 2.63. The summed E-state index contributed by atoms with van der Waals surface area (Å²) < 4.78 is 0. The number of hydrogen-bond donors (Lipinski definition) is 1. The van der Waals surface area contributed by atoms with Gasteiger partial charge in [-0.2, -0.15) is 0 Å². The largest absolute Gasteiger partial charge is 0.352 e. The Morgan fingerprint density at radius 2 is 1.95 bits per heavy atom. The summed E-state index contributed by atoms with van der Waals surface area (Å²) in [4.78, 5) is 24.9. The van der Waals surface area contributed by atoms with Crippen LogP contribution in [0.15, 0.2) is 18.2 Å². The molecule has 2 amide bonds. The van der Waals surface area contributed by atoms with Crippen molar-refractivity contribution in [2.24, 2.45) is 0 Å². The molecule has 21 heavy (non-hydrogen) atoms. The third-order valence-electron chi connectivity index (χ3n) is 2.90. The van der Waals surface area contributed by atoms with Crippen LogP contribution in [0, 0.1) is 0 Å². The van der Waals surface area contributed by atoms with Crippen molar-refractivity contribution in [2.75, 3.05) is 13.1 Å². The van der Waals surface area contributed by atoms with Gasteiger partial charge in [-0.25, -0.2) is 0 Å². The average Bonchev–Trinajstić information content (AvgIpc) is 2.34. The summed E-state index contributed by atoms with van der Waals surface area (Å²) in [5.41, 5.74) is 0.900. The molecule has 0 radical (unpaired) electrons. The normalized spacial score (nSPS) is 10.6. The second-order valence-electron chi connectivity index (χ2n) is 5.15. The van der Waals surface area contributed by atoms with Crippen LogP contribution in [0.5, 0.6) is 0 Å². The molecule has 0 fully saturated rings. The summed E-state index contributed by atoms with van der Waals surface area (Å²) in [6.45, 7) is 5.69. The Bertz CT molecular complexity index is 518. The zero-order chi connectivity index (χ0) is 16.0. The molecule has 1 aromatic carbocycles. The number of nitrogens with zero attached hydrogens (tertiary/aromatic N) is 1. The van der Waals surface area contributed by atoms with E-state index >= 15 is 0 Å². The first-order valence-corrected chi connectivity index (χ1v) is 7.54. The maximum absolute atomic E-state index is 11.7. The van der Waals surface area contributed by atoms with Gasteiger partial charge in [0.1, 0.15) is 0 Å². The molecule has 4 nitrogen and oxygen atoms in total. The minimum atomic E-state index is -0.164. The van der Waals surface area contributed by atoms with Crippen LogP contribution < -0.4 is 5.32 Å². The van der Waals surface area contributed by atoms with E-state index < -0.39 is 0 Å². The second-order valence-corrected chi connectivity index (χ2v) is 5.99. The van der Waals surface area contributed by atoms with E-state index in [9.17, 15) is 9.59 Å². The SMILES string of the molecule is CC(=O)N(CCc1ccc(Cl)cc1Cl)CC(=O)NC(C)C. The molecule has 1 aromatic rings. The van der Waals surface area contributed by atoms with Crippen LogP contribution in [0.3, 0.4) is 0 Å². The molecule has 0 bridgehead atoms. The predicted molar refractivity (Wildman–Crippen MR) is 85.7 cm³/mol. The van der Waals surface area contributed by atoms with Gasteiger partial charge in [0.25, 0.3) is 0 Å². The molecule has 1 N–H and O–H groups in total. The molecule has 0 saturated heterocycles. The van der Waals surface area contributed by atoms with Crippen molar-refractivity contribution in [1.82, 2.24) is 10.2 Å². The third-order valence-corrected chi connectivity index (χ3v) is 3.48. The van der Waals surface area contributed by atoms with Crippen molar-refractivity contribution in [3.63, 3.8) is 0 Å². The van der Waals surface area contributed by atoms with Crippen molar-refractivity contribution in [1.29, 1.82) is 0 Å². The molecule has 0 unspecified atom stereocenters. The highest BCUT2D eigenvalue weighted by Crippen LogP contribution is 2.21. The first kappa shape index (κ1) is 17.8. The number of rotatable bonds is 6. The van der Waals surface area contributed by atoms with Gasteiger partial charge in [-0.05, 0) is 38.0 Å². The summed E-state index contributed by atoms with van der Waals surface area (Å²) in [5.74, 6) is -0.304. The van der Waals surface area contributed by atoms with Gasteiger partial charge in [-0.3, -0.25) is 9.59 Å². The standard InChI is InChI=1S/C15H20Cl2N2O2/c1-10(2)18-15(21)9-19(11(3)20)7-6-12-4-5-13(16)8-14(12)17/h4-5,8,10H,6-7,9H2,1-3H3,(H,18,21). The first-order valence-electron chi connectivity index (χ1n) is 6.78. The lowest BCUT2D eigenvalue weighted by Crippen LogP contribution is -2.42. The molecule has 0 aromatic heterocycles. The molecule has 116 valence electrons. The van der Waals surface area contributed by atoms with Gasteiger partial charge >= 0.3 is 0 Å². The highest BCUT2D eigenvalue weighted by Gasteiger charge is 2.14. The lowest BCUT2D eigenvalue weighted by Gasteiger charge is -2.21. The van der Waals surface area contributed by atoms with Crippen LogP contribution in [0.4, 0.5) is 0 Å². The van der Waals surface area contributed by atoms with E-state index in [0.29, 0.717) is 23.0 Å². The quantitative estimate of drug-likeness (QED) is 0.871. The van der Waals surface area contributed by atoms with E-state index in [1.54, 1.807) is 12.1 Å². The van der Waals surface area contributed by atoms with Crippen molar-refractivity contribution < 1.29 is 9.59 Å². The maximum atomic E-state index is 11.7. The fraction of sp³-hybridized carbons (Fsp3) is 0.467. The molecule has 1 rings (SSSR count). The van der Waals surface area contributed by atoms with E-state index in [2.05, 4.69) is 5.32 Å². The van der Waals surface area contributed by atoms with Crippen LogP contribution in [0.1, 0.15) is 26.3 Å². The molecule has 0 atom stereocenters. The maximum Gasteiger partial charge on any atom is 0.239 e. The molecule has 0 aliphatic rings. The molecule has 0 saturated carbocycles. The lowest BCUT2D eigenvalue weighted by molar-refractivity contribution is -0.134. The van der Waals surface area contributed by atoms with Crippen LogP contribution in [0.25, 0.3) is 0 Å². The van der Waals surface area contributed by atoms with Gasteiger partial charge in [0.15, 0.2) is 0 Å². The number of halogens is 2. The van der Waals surface area contributed by atoms with Gasteiger partial charge in [0.05, 0.1) is 6.54 Å². The number of carbonyl (C=O) groups excluding carboxylic acids is 2. The Kier molecular flexibility index (Phi) is 6.99. The van der Waals surface area contributed by atoms with Gasteiger partial charge in [-0.1, -0.05) is 29.3 Å². The molecular formula is C15H20Cl2N2O2. The van der Waals surface area contributed by atoms with Gasteiger partial charge in [-0.15, -0.1) is 0 Å². The minimum absolute atomic E-state index is 0.0528. The zero-order valence-corrected chi connectivity index (χ0v) is 14.0. The molecule has 0 aliphatic heterocycles. The van der Waals surface area contributed by atoms with Crippen LogP contribution in [0.2, 0.25) is 10.0 Å². The van der Waals surface area contributed by atoms with Crippen LogP contribution in [-0.2, 0) is 16.0 Å². The highest BCUT2D eigenvalue weighted by molar-refractivity contribution is 6.35. The predicted octanol–water partition coefficient (Wildman–Crippen LogP) is 2.91. The number of carbonyl (C=O) groups is 2. The minimum Gasteiger partial charge on any atom is -0.352 e. The smallest absolute Gasteiger partial charge is 0.239 e. The highest BCUT2D eigenvalue weighted by atomic mass is 35.5. The van der Waals surface area contributed by atoms with Crippen molar-refractivity contribution in [3.05, 3.63) is 33.8 Å². The Labute approximate surface area is 135 Å². The Morgan fingerprint density at radius 3 is 2.48 bits per heavy atom. The number of nitrogens with one attached hydrogen (secondary N) is 1. The summed E-state index contributed by atoms with van der Waals surface area (Å²) in [6, 6.07) is 5.31. The van der Waals surface area contributed by atoms with Crippen molar-refractivity contribution in [3.8, 4) is 0 Å². The monoisotopic (exact) mass is 330 g/mol. The van der Waals surface area contributed by atoms with Crippen molar-refractivity contribution >= 4 is 35.0 Å². The molecular weight excluding hydrogens is 311 g/mol. The molecule has 6 heteroatoms. The zero-order valence-electron chi connectivity index (χ0n) is 12.5. The molecule has 0 heterocycles. The van der Waals surface area contributed by atoms with Gasteiger partial charge in [0, 0.05) is 29.6 Å². The average molecular weight is 331 g/mol. The Morgan fingerprint density at radius 1 is 1.29 bits per heavy atom. The van der Waals surface area contributed by atoms with Crippen LogP contribution >= 0.6 is 23.2 Å². The summed E-state index contributed by atoms with van der Waals surface area (Å²) in [6.07, 6.45) is 0.574. The molecule has 0 aliphatic carbocycles. The topological polar surface area (TPSA) is 49.4 Å². The lowest BCUT2D eigenvalue weighted by atomic mass is 10.1. The number of hydrogen-bond acceptors (Lipinski definition) is 2. The third kappa shape index (κ3) is 6.36. The number of benzene rings is 1. The summed E-state index contributed by atoms with van der Waals surface area (Å²) >= 11 is 11.9. The van der Waals surface area contributed by atoms with E-state index in [-0.39, 0.29) is 24.4 Å². The second kappa shape index (κ2) is 8.25. The van der Waals surface area contributed by atoms with E-state index in [1.165, 1.54) is 11.8 Å². The number of amides is 2. The Hall–Kier alpha value is -1.26.